The average Bonchev–Trinajstić information content (AvgIpc) is 2.86. The number of carboxylic acid groups (broad SMARTS) is 1. The lowest BCUT2D eigenvalue weighted by atomic mass is 9.87. The lowest BCUT2D eigenvalue weighted by Crippen LogP contribution is -2.31. The van der Waals surface area contributed by atoms with Crippen LogP contribution in [-0.4, -0.2) is 34.0 Å². The monoisotopic (exact) mass is 384 g/mol. The van der Waals surface area contributed by atoms with Crippen LogP contribution in [0.2, 0.25) is 0 Å². The number of aliphatic hydroxyl groups excluding tert-OH is 1. The van der Waals surface area contributed by atoms with Crippen LogP contribution in [0, 0.1) is 11.8 Å². The van der Waals surface area contributed by atoms with Crippen molar-refractivity contribution in [1.82, 2.24) is 0 Å². The zero-order chi connectivity index (χ0) is 20.4. The third-order valence-electron chi connectivity index (χ3n) is 4.81. The second-order valence-electron chi connectivity index (χ2n) is 7.11. The smallest absolute Gasteiger partial charge is 0.303 e. The molecule has 0 aliphatic heterocycles. The minimum atomic E-state index is -3.32. The minimum Gasteiger partial charge on any atom is -0.481 e. The highest BCUT2D eigenvalue weighted by Gasteiger charge is 2.37. The number of hydrogen-bond acceptors (Lipinski definition) is 3. The number of rotatable bonds is 12. The molecule has 1 unspecified atom stereocenters. The van der Waals surface area contributed by atoms with Crippen molar-refractivity contribution in [3.63, 3.8) is 0 Å². The van der Waals surface area contributed by atoms with Gasteiger partial charge < -0.3 is 10.2 Å². The summed E-state index contributed by atoms with van der Waals surface area (Å²) in [5.74, 6) is -5.10. The number of carbonyl (C=O) groups excluding carboxylic acids is 1. The molecular formula is C21H30F2O4. The van der Waals surface area contributed by atoms with E-state index in [1.165, 1.54) is 12.2 Å². The fraction of sp³-hybridized carbons (Fsp3) is 0.619. The maximum Gasteiger partial charge on any atom is 0.303 e. The third kappa shape index (κ3) is 7.75. The summed E-state index contributed by atoms with van der Waals surface area (Å²) in [6.45, 7) is 3.62. The molecule has 0 saturated carbocycles. The van der Waals surface area contributed by atoms with Crippen LogP contribution in [0.1, 0.15) is 58.8 Å². The Labute approximate surface area is 159 Å². The van der Waals surface area contributed by atoms with Crippen molar-refractivity contribution in [3.05, 3.63) is 36.0 Å². The Morgan fingerprint density at radius 2 is 2.04 bits per heavy atom. The molecule has 0 heterocycles. The highest BCUT2D eigenvalue weighted by molar-refractivity contribution is 5.96. The molecule has 1 aliphatic rings. The topological polar surface area (TPSA) is 74.6 Å². The Bertz CT molecular complexity index is 593. The van der Waals surface area contributed by atoms with Crippen molar-refractivity contribution < 1.29 is 28.6 Å². The molecule has 1 aliphatic carbocycles. The normalized spacial score (nSPS) is 22.0. The summed E-state index contributed by atoms with van der Waals surface area (Å²) in [7, 11) is 0. The molecule has 4 nitrogen and oxygen atoms in total. The standard InChI is InChI=1S/C21H30F2O4/c1-3-4-10-19(25)21(22,23)13-12-16-15(2)14-18(24)17(16)9-7-5-6-8-11-20(26)27/h5,7,12-14,16-17,19,25H,3-4,6,8-11H2,1-2H3,(H,26,27)/b7-5-,13-12+/t16-,17+,19?/m0/s1. The molecule has 0 radical (unpaired) electrons. The Kier molecular flexibility index (Phi) is 9.56. The molecule has 0 amide bonds. The molecule has 27 heavy (non-hydrogen) atoms. The van der Waals surface area contributed by atoms with Gasteiger partial charge in [0.05, 0.1) is 0 Å². The first-order valence-corrected chi connectivity index (χ1v) is 9.53. The van der Waals surface area contributed by atoms with Gasteiger partial charge >= 0.3 is 5.97 Å². The van der Waals surface area contributed by atoms with Crippen LogP contribution in [0.15, 0.2) is 36.0 Å². The number of alkyl halides is 2. The first kappa shape index (κ1) is 23.2. The van der Waals surface area contributed by atoms with Gasteiger partial charge in [0.25, 0.3) is 5.92 Å². The molecule has 3 atom stereocenters. The van der Waals surface area contributed by atoms with Crippen molar-refractivity contribution in [2.75, 3.05) is 0 Å². The zero-order valence-corrected chi connectivity index (χ0v) is 16.0. The first-order chi connectivity index (χ1) is 12.7. The predicted octanol–water partition coefficient (Wildman–Crippen LogP) is 4.69. The van der Waals surface area contributed by atoms with Crippen LogP contribution in [-0.2, 0) is 9.59 Å². The molecule has 6 heteroatoms. The minimum absolute atomic E-state index is 0.0365. The lowest BCUT2D eigenvalue weighted by Gasteiger charge is -2.21. The summed E-state index contributed by atoms with van der Waals surface area (Å²) in [6.07, 6.45) is 8.41. The van der Waals surface area contributed by atoms with Crippen molar-refractivity contribution in [2.45, 2.75) is 70.8 Å². The van der Waals surface area contributed by atoms with Crippen LogP contribution in [0.5, 0.6) is 0 Å². The van der Waals surface area contributed by atoms with Gasteiger partial charge in [0, 0.05) is 18.3 Å². The van der Waals surface area contributed by atoms with Gasteiger partial charge in [-0.05, 0) is 44.8 Å². The van der Waals surface area contributed by atoms with E-state index in [1.807, 2.05) is 19.1 Å². The van der Waals surface area contributed by atoms with Crippen LogP contribution >= 0.6 is 0 Å². The molecular weight excluding hydrogens is 354 g/mol. The van der Waals surface area contributed by atoms with Crippen molar-refractivity contribution in [1.29, 1.82) is 0 Å². The van der Waals surface area contributed by atoms with Gasteiger partial charge in [0.15, 0.2) is 5.78 Å². The Morgan fingerprint density at radius 3 is 2.67 bits per heavy atom. The van der Waals surface area contributed by atoms with E-state index in [0.29, 0.717) is 25.7 Å². The summed E-state index contributed by atoms with van der Waals surface area (Å²) in [5.41, 5.74) is 0.736. The van der Waals surface area contributed by atoms with E-state index < -0.39 is 29.8 Å². The van der Waals surface area contributed by atoms with Crippen LogP contribution in [0.4, 0.5) is 8.78 Å². The van der Waals surface area contributed by atoms with Gasteiger partial charge in [-0.25, -0.2) is 0 Å². The van der Waals surface area contributed by atoms with Crippen molar-refractivity contribution >= 4 is 11.8 Å². The molecule has 0 saturated heterocycles. The van der Waals surface area contributed by atoms with Crippen LogP contribution in [0.25, 0.3) is 0 Å². The van der Waals surface area contributed by atoms with E-state index in [1.54, 1.807) is 6.92 Å². The van der Waals surface area contributed by atoms with Gasteiger partial charge in [0.2, 0.25) is 0 Å². The number of aliphatic hydroxyl groups is 1. The van der Waals surface area contributed by atoms with Crippen molar-refractivity contribution in [3.8, 4) is 0 Å². The molecule has 0 bridgehead atoms. The predicted molar refractivity (Wildman–Crippen MR) is 101 cm³/mol. The van der Waals surface area contributed by atoms with E-state index in [9.17, 15) is 23.5 Å². The van der Waals surface area contributed by atoms with E-state index in [2.05, 4.69) is 0 Å². The number of unbranched alkanes of at least 4 members (excludes halogenated alkanes) is 2. The molecule has 1 rings (SSSR count). The molecule has 0 aromatic carbocycles. The van der Waals surface area contributed by atoms with Gasteiger partial charge in [-0.3, -0.25) is 9.59 Å². The maximum absolute atomic E-state index is 14.1. The lowest BCUT2D eigenvalue weighted by molar-refractivity contribution is -0.137. The number of aliphatic carboxylic acids is 1. The van der Waals surface area contributed by atoms with E-state index in [-0.39, 0.29) is 18.6 Å². The second-order valence-corrected chi connectivity index (χ2v) is 7.11. The average molecular weight is 384 g/mol. The number of allylic oxidation sites excluding steroid dienone is 5. The Morgan fingerprint density at radius 1 is 1.33 bits per heavy atom. The zero-order valence-electron chi connectivity index (χ0n) is 16.0. The summed E-state index contributed by atoms with van der Waals surface area (Å²) in [6, 6.07) is 0. The quantitative estimate of drug-likeness (QED) is 0.378. The van der Waals surface area contributed by atoms with E-state index in [4.69, 9.17) is 5.11 Å². The van der Waals surface area contributed by atoms with E-state index >= 15 is 0 Å². The molecule has 152 valence electrons. The SMILES string of the molecule is CCCCC(O)C(F)(F)/C=C/[C@H]1C(C)=CC(=O)[C@@H]1C/C=C\CCCC(=O)O. The van der Waals surface area contributed by atoms with Crippen LogP contribution in [0.3, 0.4) is 0 Å². The largest absolute Gasteiger partial charge is 0.481 e. The number of hydrogen-bond donors (Lipinski definition) is 2. The first-order valence-electron chi connectivity index (χ1n) is 9.53. The Hall–Kier alpha value is -1.82. The maximum atomic E-state index is 14.1. The fourth-order valence-electron chi connectivity index (χ4n) is 3.14. The van der Waals surface area contributed by atoms with Crippen LogP contribution < -0.4 is 0 Å². The van der Waals surface area contributed by atoms with Gasteiger partial charge in [-0.1, -0.05) is 43.6 Å². The van der Waals surface area contributed by atoms with Crippen molar-refractivity contribution in [2.24, 2.45) is 11.8 Å². The van der Waals surface area contributed by atoms with Gasteiger partial charge in [0.1, 0.15) is 6.10 Å². The molecule has 2 N–H and O–H groups in total. The second kappa shape index (κ2) is 11.1. The number of carboxylic acids is 1. The van der Waals surface area contributed by atoms with E-state index in [0.717, 1.165) is 18.1 Å². The molecule has 0 aromatic rings. The summed E-state index contributed by atoms with van der Waals surface area (Å²) in [4.78, 5) is 22.6. The summed E-state index contributed by atoms with van der Waals surface area (Å²) < 4.78 is 28.2. The highest BCUT2D eigenvalue weighted by atomic mass is 19.3. The number of halogens is 2. The molecule has 0 spiro atoms. The number of carbonyl (C=O) groups is 2. The third-order valence-corrected chi connectivity index (χ3v) is 4.81. The van der Waals surface area contributed by atoms with Gasteiger partial charge in [-0.2, -0.15) is 8.78 Å². The molecule has 0 aromatic heterocycles. The summed E-state index contributed by atoms with van der Waals surface area (Å²) in [5, 5.41) is 18.3. The number of ketones is 1. The highest BCUT2D eigenvalue weighted by Crippen LogP contribution is 2.35. The Balaban J connectivity index is 2.67. The fourth-order valence-corrected chi connectivity index (χ4v) is 3.14. The van der Waals surface area contributed by atoms with Gasteiger partial charge in [-0.15, -0.1) is 0 Å². The summed E-state index contributed by atoms with van der Waals surface area (Å²) >= 11 is 0. The molecule has 0 fully saturated rings.